The highest BCUT2D eigenvalue weighted by Gasteiger charge is 2.23. The molecule has 0 N–H and O–H groups in total. The van der Waals surface area contributed by atoms with E-state index in [2.05, 4.69) is 229 Å². The molecule has 11 aromatic rings. The number of hydrogen-bond acceptors (Lipinski definition) is 2. The van der Waals surface area contributed by atoms with Gasteiger partial charge in [0.2, 0.25) is 0 Å². The molecule has 0 saturated heterocycles. The average molecular weight is 740 g/mol. The molecule has 2 heteroatoms. The van der Waals surface area contributed by atoms with E-state index < -0.39 is 0 Å². The first-order valence-corrected chi connectivity index (χ1v) is 19.8. The molecule has 0 aliphatic heterocycles. The quantitative estimate of drug-likeness (QED) is 0.162. The summed E-state index contributed by atoms with van der Waals surface area (Å²) in [6, 6.07) is 80.6. The standard InChI is InChI=1S/C56H37NO/c1-2-15-40(16-3-1)47-23-8-10-29-53(47)57(44-34-31-38(32-35-44)42-20-12-21-43(37-42)46-26-13-19-39-17-4-6-22-45(39)46)54-30-11-9-25-49(54)50-27-14-28-51-52-36-33-41-18-5-7-24-48(41)55(52)58-56(50)51/h1-37H. The lowest BCUT2D eigenvalue weighted by Crippen LogP contribution is -2.12. The first kappa shape index (κ1) is 33.6. The van der Waals surface area contributed by atoms with Crippen LogP contribution in [0.15, 0.2) is 229 Å². The highest BCUT2D eigenvalue weighted by atomic mass is 16.3. The molecule has 0 amide bonds. The van der Waals surface area contributed by atoms with E-state index in [1.54, 1.807) is 0 Å². The topological polar surface area (TPSA) is 16.4 Å². The summed E-state index contributed by atoms with van der Waals surface area (Å²) in [5, 5.41) is 7.03. The van der Waals surface area contributed by atoms with Gasteiger partial charge in [-0.2, -0.15) is 0 Å². The van der Waals surface area contributed by atoms with Crippen molar-refractivity contribution in [2.24, 2.45) is 0 Å². The highest BCUT2D eigenvalue weighted by Crippen LogP contribution is 2.47. The Morgan fingerprint density at radius 2 is 0.810 bits per heavy atom. The molecule has 0 radical (unpaired) electrons. The lowest BCUT2D eigenvalue weighted by atomic mass is 9.95. The molecule has 0 atom stereocenters. The Morgan fingerprint density at radius 3 is 1.64 bits per heavy atom. The van der Waals surface area contributed by atoms with E-state index >= 15 is 0 Å². The molecule has 0 fully saturated rings. The van der Waals surface area contributed by atoms with Crippen LogP contribution in [0.4, 0.5) is 17.1 Å². The van der Waals surface area contributed by atoms with Gasteiger partial charge >= 0.3 is 0 Å². The Balaban J connectivity index is 1.08. The van der Waals surface area contributed by atoms with E-state index in [0.717, 1.165) is 72.2 Å². The van der Waals surface area contributed by atoms with Crippen molar-refractivity contribution < 1.29 is 4.42 Å². The van der Waals surface area contributed by atoms with Crippen molar-refractivity contribution in [2.45, 2.75) is 0 Å². The van der Waals surface area contributed by atoms with E-state index in [1.807, 2.05) is 0 Å². The van der Waals surface area contributed by atoms with Gasteiger partial charge in [-0.05, 0) is 80.4 Å². The van der Waals surface area contributed by atoms with Crippen LogP contribution in [-0.2, 0) is 0 Å². The fourth-order valence-corrected chi connectivity index (χ4v) is 8.72. The Morgan fingerprint density at radius 1 is 0.276 bits per heavy atom. The van der Waals surface area contributed by atoms with E-state index in [0.29, 0.717) is 0 Å². The van der Waals surface area contributed by atoms with Crippen LogP contribution in [0.25, 0.3) is 88.0 Å². The minimum absolute atomic E-state index is 0.888. The second-order valence-electron chi connectivity index (χ2n) is 14.8. The predicted octanol–water partition coefficient (Wildman–Crippen LogP) is 16.0. The summed E-state index contributed by atoms with van der Waals surface area (Å²) in [5.74, 6) is 0. The SMILES string of the molecule is c1ccc(-c2ccccc2N(c2ccc(-c3cccc(-c4cccc5ccccc45)c3)cc2)c2ccccc2-c2cccc3c2oc2c4ccccc4ccc32)cc1. The van der Waals surface area contributed by atoms with Gasteiger partial charge < -0.3 is 9.32 Å². The molecular weight excluding hydrogens is 703 g/mol. The minimum atomic E-state index is 0.888. The average Bonchev–Trinajstić information content (AvgIpc) is 3.70. The maximum atomic E-state index is 6.90. The number of furan rings is 1. The van der Waals surface area contributed by atoms with Gasteiger partial charge in [0.25, 0.3) is 0 Å². The van der Waals surface area contributed by atoms with Crippen LogP contribution in [0.5, 0.6) is 0 Å². The van der Waals surface area contributed by atoms with Crippen molar-refractivity contribution in [3.8, 4) is 44.5 Å². The van der Waals surface area contributed by atoms with Crippen LogP contribution in [0.2, 0.25) is 0 Å². The first-order chi connectivity index (χ1) is 28.8. The minimum Gasteiger partial charge on any atom is -0.455 e. The van der Waals surface area contributed by atoms with Crippen molar-refractivity contribution in [3.63, 3.8) is 0 Å². The smallest absolute Gasteiger partial charge is 0.143 e. The molecule has 0 bridgehead atoms. The first-order valence-electron chi connectivity index (χ1n) is 19.8. The second-order valence-corrected chi connectivity index (χ2v) is 14.8. The molecule has 272 valence electrons. The number of anilines is 3. The molecule has 58 heavy (non-hydrogen) atoms. The summed E-state index contributed by atoms with van der Waals surface area (Å²) in [5.41, 5.74) is 14.3. The molecule has 0 saturated carbocycles. The van der Waals surface area contributed by atoms with Gasteiger partial charge in [0.05, 0.1) is 11.4 Å². The molecule has 1 aromatic heterocycles. The molecule has 0 spiro atoms. The Kier molecular flexibility index (Phi) is 8.19. The molecule has 11 rings (SSSR count). The zero-order valence-corrected chi connectivity index (χ0v) is 31.7. The number of para-hydroxylation sites is 3. The highest BCUT2D eigenvalue weighted by molar-refractivity contribution is 6.17. The zero-order chi connectivity index (χ0) is 38.4. The molecule has 2 nitrogen and oxygen atoms in total. The normalized spacial score (nSPS) is 11.4. The zero-order valence-electron chi connectivity index (χ0n) is 31.7. The fourth-order valence-electron chi connectivity index (χ4n) is 8.72. The van der Waals surface area contributed by atoms with Crippen LogP contribution >= 0.6 is 0 Å². The molecule has 0 unspecified atom stereocenters. The molecular formula is C56H37NO. The van der Waals surface area contributed by atoms with Crippen molar-refractivity contribution in [1.29, 1.82) is 0 Å². The van der Waals surface area contributed by atoms with E-state index in [1.165, 1.54) is 32.8 Å². The molecule has 0 aliphatic carbocycles. The summed E-state index contributed by atoms with van der Waals surface area (Å²) in [7, 11) is 0. The van der Waals surface area contributed by atoms with Crippen LogP contribution in [0, 0.1) is 0 Å². The maximum Gasteiger partial charge on any atom is 0.143 e. The fraction of sp³-hybridized carbons (Fsp3) is 0. The van der Waals surface area contributed by atoms with Gasteiger partial charge in [-0.25, -0.2) is 0 Å². The third kappa shape index (κ3) is 5.74. The maximum absolute atomic E-state index is 6.90. The van der Waals surface area contributed by atoms with E-state index in [4.69, 9.17) is 4.42 Å². The molecule has 0 aliphatic rings. The van der Waals surface area contributed by atoms with Crippen LogP contribution < -0.4 is 4.90 Å². The van der Waals surface area contributed by atoms with Crippen LogP contribution in [0.1, 0.15) is 0 Å². The Hall–Kier alpha value is -7.68. The van der Waals surface area contributed by atoms with E-state index in [-0.39, 0.29) is 0 Å². The van der Waals surface area contributed by atoms with Crippen molar-refractivity contribution in [1.82, 2.24) is 0 Å². The lowest BCUT2D eigenvalue weighted by Gasteiger charge is -2.30. The summed E-state index contributed by atoms with van der Waals surface area (Å²) >= 11 is 0. The third-order valence-corrected chi connectivity index (χ3v) is 11.5. The number of benzene rings is 10. The number of nitrogens with zero attached hydrogens (tertiary/aromatic N) is 1. The molecule has 1 heterocycles. The Bertz CT molecular complexity index is 3280. The summed E-state index contributed by atoms with van der Waals surface area (Å²) in [6.45, 7) is 0. The number of fused-ring (bicyclic) bond motifs is 6. The van der Waals surface area contributed by atoms with Crippen molar-refractivity contribution in [3.05, 3.63) is 224 Å². The number of hydrogen-bond donors (Lipinski definition) is 0. The predicted molar refractivity (Wildman–Crippen MR) is 245 cm³/mol. The Labute approximate surface area is 337 Å². The van der Waals surface area contributed by atoms with Crippen LogP contribution in [-0.4, -0.2) is 0 Å². The van der Waals surface area contributed by atoms with E-state index in [9.17, 15) is 0 Å². The van der Waals surface area contributed by atoms with Gasteiger partial charge in [-0.15, -0.1) is 0 Å². The van der Waals surface area contributed by atoms with Gasteiger partial charge in [-0.3, -0.25) is 0 Å². The largest absolute Gasteiger partial charge is 0.455 e. The van der Waals surface area contributed by atoms with Crippen molar-refractivity contribution in [2.75, 3.05) is 4.90 Å². The van der Waals surface area contributed by atoms with Gasteiger partial charge in [0.1, 0.15) is 11.2 Å². The number of rotatable bonds is 7. The summed E-state index contributed by atoms with van der Waals surface area (Å²) in [4.78, 5) is 2.41. The monoisotopic (exact) mass is 739 g/mol. The third-order valence-electron chi connectivity index (χ3n) is 11.5. The van der Waals surface area contributed by atoms with Gasteiger partial charge in [0, 0.05) is 38.5 Å². The lowest BCUT2D eigenvalue weighted by molar-refractivity contribution is 0.674. The summed E-state index contributed by atoms with van der Waals surface area (Å²) < 4.78 is 6.90. The molecule has 10 aromatic carbocycles. The van der Waals surface area contributed by atoms with Crippen LogP contribution in [0.3, 0.4) is 0 Å². The van der Waals surface area contributed by atoms with Gasteiger partial charge in [0.15, 0.2) is 0 Å². The summed E-state index contributed by atoms with van der Waals surface area (Å²) in [6.07, 6.45) is 0. The van der Waals surface area contributed by atoms with Crippen molar-refractivity contribution >= 4 is 60.5 Å². The van der Waals surface area contributed by atoms with Gasteiger partial charge in [-0.1, -0.05) is 188 Å². The second kappa shape index (κ2) is 14.1.